The molecular weight excluding hydrogens is 376 g/mol. The second kappa shape index (κ2) is 9.71. The molecule has 7 heteroatoms. The predicted octanol–water partition coefficient (Wildman–Crippen LogP) is 3.15. The zero-order chi connectivity index (χ0) is 20.7. The Labute approximate surface area is 167 Å². The highest BCUT2D eigenvalue weighted by atomic mass is 32.2. The van der Waals surface area contributed by atoms with Gasteiger partial charge in [-0.1, -0.05) is 50.2 Å². The molecule has 0 spiro atoms. The largest absolute Gasteiger partial charge is 0.483 e. The third-order valence-electron chi connectivity index (χ3n) is 4.63. The summed E-state index contributed by atoms with van der Waals surface area (Å²) in [4.78, 5) is 12.4. The van der Waals surface area contributed by atoms with E-state index >= 15 is 0 Å². The molecule has 1 amide bonds. The molecule has 0 aliphatic carbocycles. The Morgan fingerprint density at radius 2 is 1.75 bits per heavy atom. The van der Waals surface area contributed by atoms with Crippen LogP contribution in [0.25, 0.3) is 0 Å². The highest BCUT2D eigenvalue weighted by Crippen LogP contribution is 2.28. The van der Waals surface area contributed by atoms with Gasteiger partial charge in [-0.3, -0.25) is 4.79 Å². The minimum Gasteiger partial charge on any atom is -0.483 e. The van der Waals surface area contributed by atoms with Gasteiger partial charge in [-0.15, -0.1) is 0 Å². The Kier molecular flexibility index (Phi) is 7.60. The van der Waals surface area contributed by atoms with Crippen LogP contribution in [0.15, 0.2) is 53.4 Å². The summed E-state index contributed by atoms with van der Waals surface area (Å²) >= 11 is 0. The van der Waals surface area contributed by atoms with Crippen molar-refractivity contribution in [2.45, 2.75) is 37.6 Å². The molecule has 0 aliphatic heterocycles. The van der Waals surface area contributed by atoms with Gasteiger partial charge >= 0.3 is 0 Å². The molecule has 2 aromatic rings. The average Bonchev–Trinajstić information content (AvgIpc) is 2.70. The lowest BCUT2D eigenvalue weighted by Crippen LogP contribution is -2.30. The number of nitrogens with one attached hydrogen (secondary N) is 1. The van der Waals surface area contributed by atoms with Crippen LogP contribution in [0.1, 0.15) is 37.3 Å². The molecule has 1 atom stereocenters. The van der Waals surface area contributed by atoms with Gasteiger partial charge in [0.05, 0.1) is 4.90 Å². The van der Waals surface area contributed by atoms with Crippen molar-refractivity contribution in [3.05, 3.63) is 59.7 Å². The number of hydrogen-bond donors (Lipinski definition) is 1. The summed E-state index contributed by atoms with van der Waals surface area (Å²) in [7, 11) is -0.619. The maximum Gasteiger partial charge on any atom is 0.258 e. The number of nitrogens with zero attached hydrogens (tertiary/aromatic N) is 1. The molecule has 0 saturated carbocycles. The van der Waals surface area contributed by atoms with Crippen molar-refractivity contribution in [3.63, 3.8) is 0 Å². The second-order valence-corrected chi connectivity index (χ2v) is 8.93. The van der Waals surface area contributed by atoms with E-state index in [9.17, 15) is 13.2 Å². The van der Waals surface area contributed by atoms with Crippen LogP contribution in [0.5, 0.6) is 5.75 Å². The van der Waals surface area contributed by atoms with Gasteiger partial charge in [0.15, 0.2) is 6.61 Å². The summed E-state index contributed by atoms with van der Waals surface area (Å²) in [6, 6.07) is 14.3. The van der Waals surface area contributed by atoms with E-state index in [0.717, 1.165) is 16.3 Å². The number of benzene rings is 2. The Balaban J connectivity index is 2.02. The molecule has 0 bridgehead atoms. The lowest BCUT2D eigenvalue weighted by Gasteiger charge is -2.17. The first kappa shape index (κ1) is 21.9. The van der Waals surface area contributed by atoms with Crippen LogP contribution < -0.4 is 10.1 Å². The first-order valence-electron chi connectivity index (χ1n) is 9.26. The van der Waals surface area contributed by atoms with Crippen LogP contribution in [0, 0.1) is 0 Å². The Morgan fingerprint density at radius 1 is 1.11 bits per heavy atom. The first-order valence-corrected chi connectivity index (χ1v) is 10.7. The zero-order valence-electron chi connectivity index (χ0n) is 16.8. The van der Waals surface area contributed by atoms with Crippen LogP contribution in [-0.2, 0) is 21.4 Å². The molecule has 0 fully saturated rings. The standard InChI is InChI=1S/C21H28N2O4S/c1-5-16(2)18-11-7-8-12-19(18)27-15-21(24)22-14-17-10-6-9-13-20(17)28(25,26)23(3)4/h6-13,16H,5,14-15H2,1-4H3,(H,22,24). The topological polar surface area (TPSA) is 75.7 Å². The van der Waals surface area contributed by atoms with E-state index in [0.29, 0.717) is 17.2 Å². The van der Waals surface area contributed by atoms with E-state index in [1.807, 2.05) is 24.3 Å². The normalized spacial score (nSPS) is 12.6. The van der Waals surface area contributed by atoms with Gasteiger partial charge < -0.3 is 10.1 Å². The van der Waals surface area contributed by atoms with Crippen molar-refractivity contribution in [1.82, 2.24) is 9.62 Å². The Bertz CT molecular complexity index is 910. The molecule has 2 rings (SSSR count). The lowest BCUT2D eigenvalue weighted by atomic mass is 9.98. The Morgan fingerprint density at radius 3 is 2.43 bits per heavy atom. The summed E-state index contributed by atoms with van der Waals surface area (Å²) < 4.78 is 31.7. The molecule has 0 aliphatic rings. The van der Waals surface area contributed by atoms with E-state index in [1.54, 1.807) is 18.2 Å². The summed E-state index contributed by atoms with van der Waals surface area (Å²) in [6.45, 7) is 4.20. The van der Waals surface area contributed by atoms with Gasteiger partial charge in [-0.05, 0) is 35.6 Å². The molecule has 0 aromatic heterocycles. The van der Waals surface area contributed by atoms with Crippen molar-refractivity contribution in [3.8, 4) is 5.75 Å². The maximum absolute atomic E-state index is 12.4. The van der Waals surface area contributed by atoms with Gasteiger partial charge in [-0.25, -0.2) is 12.7 Å². The van der Waals surface area contributed by atoms with Crippen LogP contribution in [0.3, 0.4) is 0 Å². The molecule has 6 nitrogen and oxygen atoms in total. The van der Waals surface area contributed by atoms with Gasteiger partial charge in [0.25, 0.3) is 5.91 Å². The summed E-state index contributed by atoms with van der Waals surface area (Å²) in [6.07, 6.45) is 0.976. The van der Waals surface area contributed by atoms with E-state index < -0.39 is 10.0 Å². The summed E-state index contributed by atoms with van der Waals surface area (Å²) in [5.74, 6) is 0.723. The van der Waals surface area contributed by atoms with Crippen molar-refractivity contribution in [2.75, 3.05) is 20.7 Å². The van der Waals surface area contributed by atoms with Crippen molar-refractivity contribution < 1.29 is 17.9 Å². The van der Waals surface area contributed by atoms with Crippen molar-refractivity contribution in [1.29, 1.82) is 0 Å². The predicted molar refractivity (Wildman–Crippen MR) is 110 cm³/mol. The third-order valence-corrected chi connectivity index (χ3v) is 6.54. The minimum atomic E-state index is -3.58. The summed E-state index contributed by atoms with van der Waals surface area (Å²) in [5, 5.41) is 2.74. The van der Waals surface area contributed by atoms with Gasteiger partial charge in [0.1, 0.15) is 5.75 Å². The van der Waals surface area contributed by atoms with Gasteiger partial charge in [0.2, 0.25) is 10.0 Å². The van der Waals surface area contributed by atoms with E-state index in [4.69, 9.17) is 4.74 Å². The number of ether oxygens (including phenoxy) is 1. The fourth-order valence-electron chi connectivity index (χ4n) is 2.73. The fourth-order valence-corrected chi connectivity index (χ4v) is 3.84. The quantitative estimate of drug-likeness (QED) is 0.697. The first-order chi connectivity index (χ1) is 13.3. The number of rotatable bonds is 9. The molecule has 2 aromatic carbocycles. The molecule has 152 valence electrons. The smallest absolute Gasteiger partial charge is 0.258 e. The number of para-hydroxylation sites is 1. The number of amides is 1. The van der Waals surface area contributed by atoms with Crippen LogP contribution in [-0.4, -0.2) is 39.3 Å². The molecule has 1 N–H and O–H groups in total. The molecular formula is C21H28N2O4S. The second-order valence-electron chi connectivity index (χ2n) is 6.81. The van der Waals surface area contributed by atoms with Crippen LogP contribution in [0.2, 0.25) is 0 Å². The SMILES string of the molecule is CCC(C)c1ccccc1OCC(=O)NCc1ccccc1S(=O)(=O)N(C)C. The summed E-state index contributed by atoms with van der Waals surface area (Å²) in [5.41, 5.74) is 1.60. The molecule has 0 saturated heterocycles. The highest BCUT2D eigenvalue weighted by molar-refractivity contribution is 7.89. The van der Waals surface area contributed by atoms with Gasteiger partial charge in [-0.2, -0.15) is 0 Å². The monoisotopic (exact) mass is 404 g/mol. The van der Waals surface area contributed by atoms with Gasteiger partial charge in [0, 0.05) is 20.6 Å². The van der Waals surface area contributed by atoms with E-state index in [-0.39, 0.29) is 24.0 Å². The van der Waals surface area contributed by atoms with E-state index in [2.05, 4.69) is 19.2 Å². The number of sulfonamides is 1. The Hall–Kier alpha value is -2.38. The van der Waals surface area contributed by atoms with Crippen molar-refractivity contribution in [2.24, 2.45) is 0 Å². The molecule has 1 unspecified atom stereocenters. The lowest BCUT2D eigenvalue weighted by molar-refractivity contribution is -0.123. The number of carbonyl (C=O) groups excluding carboxylic acids is 1. The zero-order valence-corrected chi connectivity index (χ0v) is 17.6. The van der Waals surface area contributed by atoms with E-state index in [1.165, 1.54) is 20.2 Å². The highest BCUT2D eigenvalue weighted by Gasteiger charge is 2.21. The fraction of sp³-hybridized carbons (Fsp3) is 0.381. The van der Waals surface area contributed by atoms with Crippen molar-refractivity contribution >= 4 is 15.9 Å². The maximum atomic E-state index is 12.4. The molecule has 28 heavy (non-hydrogen) atoms. The number of carbonyl (C=O) groups is 1. The molecule has 0 radical (unpaired) electrons. The average molecular weight is 405 g/mol. The third kappa shape index (κ3) is 5.33. The number of hydrogen-bond acceptors (Lipinski definition) is 4. The van der Waals surface area contributed by atoms with Crippen LogP contribution >= 0.6 is 0 Å². The minimum absolute atomic E-state index is 0.110. The molecule has 0 heterocycles. The van der Waals surface area contributed by atoms with Crippen LogP contribution in [0.4, 0.5) is 0 Å².